The second-order valence-electron chi connectivity index (χ2n) is 7.14. The van der Waals surface area contributed by atoms with Crippen molar-refractivity contribution in [1.29, 1.82) is 0 Å². The number of nitrogens with two attached hydrogens (primary N) is 1. The van der Waals surface area contributed by atoms with Crippen LogP contribution in [0.1, 0.15) is 57.4 Å². The number of benzene rings is 1. The van der Waals surface area contributed by atoms with Gasteiger partial charge in [-0.25, -0.2) is 0 Å². The lowest BCUT2D eigenvalue weighted by atomic mass is 9.86. The molecule has 128 valence electrons. The van der Waals surface area contributed by atoms with Crippen LogP contribution in [-0.2, 0) is 11.2 Å². The summed E-state index contributed by atoms with van der Waals surface area (Å²) in [5, 5.41) is 0. The quantitative estimate of drug-likeness (QED) is 0.819. The van der Waals surface area contributed by atoms with Crippen molar-refractivity contribution < 1.29 is 4.79 Å². The van der Waals surface area contributed by atoms with E-state index in [4.69, 9.17) is 5.73 Å². The van der Waals surface area contributed by atoms with E-state index in [9.17, 15) is 4.79 Å². The van der Waals surface area contributed by atoms with Crippen LogP contribution < -0.4 is 5.73 Å². The molecule has 4 heteroatoms. The molecule has 2 N–H and O–H groups in total. The zero-order valence-electron chi connectivity index (χ0n) is 14.0. The third-order valence-electron chi connectivity index (χ3n) is 5.27. The maximum absolute atomic E-state index is 12.8. The van der Waals surface area contributed by atoms with Crippen molar-refractivity contribution in [2.24, 2.45) is 5.92 Å². The topological polar surface area (TPSA) is 46.3 Å². The zero-order valence-corrected chi connectivity index (χ0v) is 14.9. The number of rotatable bonds is 5. The molecule has 2 fully saturated rings. The Hall–Kier alpha value is -1.22. The van der Waals surface area contributed by atoms with Gasteiger partial charge in [-0.2, -0.15) is 0 Å². The molecule has 0 spiro atoms. The van der Waals surface area contributed by atoms with Crippen molar-refractivity contribution in [2.75, 3.05) is 5.73 Å². The highest BCUT2D eigenvalue weighted by atomic mass is 35.5. The highest BCUT2D eigenvalue weighted by molar-refractivity contribution is 5.85. The van der Waals surface area contributed by atoms with Crippen LogP contribution in [0.4, 0.5) is 5.69 Å². The van der Waals surface area contributed by atoms with Crippen LogP contribution >= 0.6 is 12.4 Å². The largest absolute Gasteiger partial charge is 0.399 e. The minimum atomic E-state index is 0. The number of nitrogen functional groups attached to an aromatic ring is 1. The number of para-hydroxylation sites is 1. The van der Waals surface area contributed by atoms with Gasteiger partial charge in [0.1, 0.15) is 0 Å². The Kier molecular flexibility index (Phi) is 6.34. The van der Waals surface area contributed by atoms with Crippen LogP contribution in [0.3, 0.4) is 0 Å². The predicted molar refractivity (Wildman–Crippen MR) is 97.7 cm³/mol. The first-order valence-corrected chi connectivity index (χ1v) is 8.79. The lowest BCUT2D eigenvalue weighted by Crippen LogP contribution is -2.43. The van der Waals surface area contributed by atoms with Gasteiger partial charge in [0, 0.05) is 24.2 Å². The zero-order chi connectivity index (χ0) is 15.5. The van der Waals surface area contributed by atoms with Crippen LogP contribution in [0.15, 0.2) is 24.3 Å². The molecule has 3 rings (SSSR count). The molecule has 0 radical (unpaired) electrons. The number of carbonyl (C=O) groups is 1. The van der Waals surface area contributed by atoms with Crippen molar-refractivity contribution in [3.05, 3.63) is 29.8 Å². The van der Waals surface area contributed by atoms with Crippen LogP contribution in [0.5, 0.6) is 0 Å². The minimum Gasteiger partial charge on any atom is -0.399 e. The lowest BCUT2D eigenvalue weighted by Gasteiger charge is -2.36. The van der Waals surface area contributed by atoms with Gasteiger partial charge in [-0.3, -0.25) is 4.79 Å². The summed E-state index contributed by atoms with van der Waals surface area (Å²) in [6, 6.07) is 8.91. The first kappa shape index (κ1) is 18.1. The van der Waals surface area contributed by atoms with Crippen molar-refractivity contribution in [1.82, 2.24) is 4.90 Å². The Morgan fingerprint density at radius 2 is 1.65 bits per heavy atom. The molecular formula is C19H29ClN2O. The van der Waals surface area contributed by atoms with Crippen LogP contribution in [0.25, 0.3) is 0 Å². The molecule has 3 nitrogen and oxygen atoms in total. The molecule has 1 aromatic carbocycles. The standard InChI is InChI=1S/C19H28N2O.ClH/c1-14-6-9-16(10-7-14)21(17-11-12-17)19(22)13-8-15-4-2-3-5-18(15)20;/h2-5,14,16-17H,6-13,20H2,1H3;1H. The van der Waals surface area contributed by atoms with E-state index in [0.29, 0.717) is 24.4 Å². The van der Waals surface area contributed by atoms with Gasteiger partial charge in [0.05, 0.1) is 0 Å². The Balaban J connectivity index is 0.00000192. The predicted octanol–water partition coefficient (Wildman–Crippen LogP) is 4.19. The average Bonchev–Trinajstić information content (AvgIpc) is 3.33. The van der Waals surface area contributed by atoms with Gasteiger partial charge in [-0.05, 0) is 62.5 Å². The molecule has 23 heavy (non-hydrogen) atoms. The molecule has 0 heterocycles. The first-order chi connectivity index (χ1) is 10.6. The van der Waals surface area contributed by atoms with E-state index in [1.54, 1.807) is 0 Å². The number of hydrogen-bond acceptors (Lipinski definition) is 2. The smallest absolute Gasteiger partial charge is 0.223 e. The van der Waals surface area contributed by atoms with Crippen LogP contribution in [0, 0.1) is 5.92 Å². The molecular weight excluding hydrogens is 308 g/mol. The number of anilines is 1. The van der Waals surface area contributed by atoms with Crippen molar-refractivity contribution in [2.45, 2.75) is 70.4 Å². The highest BCUT2D eigenvalue weighted by Gasteiger charge is 2.37. The van der Waals surface area contributed by atoms with E-state index in [1.807, 2.05) is 24.3 Å². The maximum Gasteiger partial charge on any atom is 0.223 e. The van der Waals surface area contributed by atoms with E-state index in [1.165, 1.54) is 38.5 Å². The summed E-state index contributed by atoms with van der Waals surface area (Å²) in [5.74, 6) is 1.17. The summed E-state index contributed by atoms with van der Waals surface area (Å²) in [6.45, 7) is 2.33. The average molecular weight is 337 g/mol. The second-order valence-corrected chi connectivity index (χ2v) is 7.14. The van der Waals surface area contributed by atoms with Gasteiger partial charge < -0.3 is 10.6 Å². The summed E-state index contributed by atoms with van der Waals surface area (Å²) in [4.78, 5) is 15.0. The third kappa shape index (κ3) is 4.63. The van der Waals surface area contributed by atoms with Crippen LogP contribution in [-0.4, -0.2) is 22.9 Å². The molecule has 0 aliphatic heterocycles. The van der Waals surface area contributed by atoms with Crippen molar-refractivity contribution >= 4 is 24.0 Å². The van der Waals surface area contributed by atoms with Crippen molar-refractivity contribution in [3.63, 3.8) is 0 Å². The summed E-state index contributed by atoms with van der Waals surface area (Å²) < 4.78 is 0. The van der Waals surface area contributed by atoms with Gasteiger partial charge >= 0.3 is 0 Å². The minimum absolute atomic E-state index is 0. The summed E-state index contributed by atoms with van der Waals surface area (Å²) in [6.07, 6.45) is 8.68. The number of hydrogen-bond donors (Lipinski definition) is 1. The van der Waals surface area contributed by atoms with E-state index >= 15 is 0 Å². The number of nitrogens with zero attached hydrogens (tertiary/aromatic N) is 1. The van der Waals surface area contributed by atoms with E-state index in [-0.39, 0.29) is 12.4 Å². The molecule has 0 aromatic heterocycles. The van der Waals surface area contributed by atoms with Gasteiger partial charge in [0.2, 0.25) is 5.91 Å². The summed E-state index contributed by atoms with van der Waals surface area (Å²) in [7, 11) is 0. The molecule has 0 saturated heterocycles. The van der Waals surface area contributed by atoms with Crippen LogP contribution in [0.2, 0.25) is 0 Å². The number of amides is 1. The Morgan fingerprint density at radius 3 is 2.22 bits per heavy atom. The summed E-state index contributed by atoms with van der Waals surface area (Å²) >= 11 is 0. The molecule has 0 bridgehead atoms. The van der Waals surface area contributed by atoms with Gasteiger partial charge in [-0.1, -0.05) is 25.1 Å². The maximum atomic E-state index is 12.8. The van der Waals surface area contributed by atoms with E-state index < -0.39 is 0 Å². The third-order valence-corrected chi connectivity index (χ3v) is 5.27. The molecule has 1 aromatic rings. The Morgan fingerprint density at radius 1 is 1.09 bits per heavy atom. The molecule has 0 unspecified atom stereocenters. The SMILES string of the molecule is CC1CCC(N(C(=O)CCc2ccccc2N)C2CC2)CC1.Cl. The molecule has 2 saturated carbocycles. The van der Waals surface area contributed by atoms with E-state index in [2.05, 4.69) is 11.8 Å². The van der Waals surface area contributed by atoms with Crippen molar-refractivity contribution in [3.8, 4) is 0 Å². The number of halogens is 1. The fraction of sp³-hybridized carbons (Fsp3) is 0.632. The molecule has 2 aliphatic rings. The fourth-order valence-corrected chi connectivity index (χ4v) is 3.71. The Bertz CT molecular complexity index is 522. The second kappa shape index (κ2) is 8.05. The molecule has 2 aliphatic carbocycles. The number of aryl methyl sites for hydroxylation is 1. The summed E-state index contributed by atoms with van der Waals surface area (Å²) in [5.41, 5.74) is 7.89. The van der Waals surface area contributed by atoms with Gasteiger partial charge in [-0.15, -0.1) is 12.4 Å². The normalized spacial score (nSPS) is 23.9. The number of carbonyl (C=O) groups excluding carboxylic acids is 1. The fourth-order valence-electron chi connectivity index (χ4n) is 3.71. The first-order valence-electron chi connectivity index (χ1n) is 8.79. The van der Waals surface area contributed by atoms with Gasteiger partial charge in [0.25, 0.3) is 0 Å². The highest BCUT2D eigenvalue weighted by Crippen LogP contribution is 2.35. The van der Waals surface area contributed by atoms with E-state index in [0.717, 1.165) is 23.6 Å². The Labute approximate surface area is 146 Å². The lowest BCUT2D eigenvalue weighted by molar-refractivity contribution is -0.135. The molecule has 1 amide bonds. The van der Waals surface area contributed by atoms with Gasteiger partial charge in [0.15, 0.2) is 0 Å². The monoisotopic (exact) mass is 336 g/mol. The molecule has 0 atom stereocenters.